The summed E-state index contributed by atoms with van der Waals surface area (Å²) in [5, 5.41) is 5.88. The van der Waals surface area contributed by atoms with Crippen LogP contribution in [0.2, 0.25) is 0 Å². The van der Waals surface area contributed by atoms with Gasteiger partial charge in [0.1, 0.15) is 5.76 Å². The van der Waals surface area contributed by atoms with Gasteiger partial charge in [-0.2, -0.15) is 0 Å². The van der Waals surface area contributed by atoms with Crippen molar-refractivity contribution in [2.45, 2.75) is 38.3 Å². The third kappa shape index (κ3) is 3.62. The molecular formula is C16H19N3O2. The van der Waals surface area contributed by atoms with Gasteiger partial charge in [0, 0.05) is 30.5 Å². The number of rotatable bonds is 4. The van der Waals surface area contributed by atoms with Gasteiger partial charge in [0.15, 0.2) is 0 Å². The average molecular weight is 285 g/mol. The van der Waals surface area contributed by atoms with Crippen molar-refractivity contribution < 1.29 is 9.21 Å². The minimum Gasteiger partial charge on any atom is -0.464 e. The lowest BCUT2D eigenvalue weighted by Gasteiger charge is -2.13. The van der Waals surface area contributed by atoms with Crippen LogP contribution in [-0.4, -0.2) is 17.1 Å². The summed E-state index contributed by atoms with van der Waals surface area (Å²) in [6, 6.07) is 5.93. The van der Waals surface area contributed by atoms with Gasteiger partial charge >= 0.3 is 6.03 Å². The van der Waals surface area contributed by atoms with Gasteiger partial charge in [0.25, 0.3) is 0 Å². The quantitative estimate of drug-likeness (QED) is 0.907. The molecule has 1 saturated carbocycles. The smallest absolute Gasteiger partial charge is 0.315 e. The fourth-order valence-corrected chi connectivity index (χ4v) is 2.65. The summed E-state index contributed by atoms with van der Waals surface area (Å²) in [7, 11) is 0. The number of aromatic nitrogens is 1. The third-order valence-electron chi connectivity index (χ3n) is 3.74. The fraction of sp³-hybridized carbons (Fsp3) is 0.375. The van der Waals surface area contributed by atoms with E-state index in [0.29, 0.717) is 12.6 Å². The van der Waals surface area contributed by atoms with Gasteiger partial charge in [0.2, 0.25) is 0 Å². The molecule has 0 aliphatic heterocycles. The highest BCUT2D eigenvalue weighted by Gasteiger charge is 2.16. The Bertz CT molecular complexity index is 589. The highest BCUT2D eigenvalue weighted by atomic mass is 16.3. The van der Waals surface area contributed by atoms with Crippen LogP contribution in [0.1, 0.15) is 31.2 Å². The van der Waals surface area contributed by atoms with Crippen LogP contribution in [0.4, 0.5) is 4.79 Å². The number of carbonyl (C=O) groups is 1. The number of furan rings is 1. The molecule has 1 aliphatic carbocycles. The lowest BCUT2D eigenvalue weighted by atomic mass is 10.1. The molecule has 0 aromatic carbocycles. The molecule has 2 amide bonds. The first-order valence-corrected chi connectivity index (χ1v) is 7.33. The fourth-order valence-electron chi connectivity index (χ4n) is 2.65. The normalized spacial score (nSPS) is 15.0. The number of hydrogen-bond acceptors (Lipinski definition) is 3. The Balaban J connectivity index is 1.55. The van der Waals surface area contributed by atoms with Crippen molar-refractivity contribution in [1.82, 2.24) is 15.6 Å². The van der Waals surface area contributed by atoms with Crippen LogP contribution in [0, 0.1) is 0 Å². The highest BCUT2D eigenvalue weighted by molar-refractivity contribution is 5.74. The Morgan fingerprint density at radius 1 is 1.33 bits per heavy atom. The molecule has 1 aliphatic rings. The van der Waals surface area contributed by atoms with E-state index in [-0.39, 0.29) is 6.03 Å². The maximum absolute atomic E-state index is 11.8. The minimum atomic E-state index is -0.106. The van der Waals surface area contributed by atoms with Crippen LogP contribution >= 0.6 is 0 Å². The molecule has 2 heterocycles. The molecule has 2 N–H and O–H groups in total. The average Bonchev–Trinajstić information content (AvgIpc) is 3.19. The first kappa shape index (κ1) is 13.7. The van der Waals surface area contributed by atoms with Crippen LogP contribution in [0.25, 0.3) is 11.3 Å². The zero-order chi connectivity index (χ0) is 14.5. The molecule has 0 spiro atoms. The van der Waals surface area contributed by atoms with E-state index in [0.717, 1.165) is 29.7 Å². The van der Waals surface area contributed by atoms with Crippen molar-refractivity contribution in [1.29, 1.82) is 0 Å². The zero-order valence-electron chi connectivity index (χ0n) is 11.8. The molecule has 5 nitrogen and oxygen atoms in total. The first-order valence-electron chi connectivity index (χ1n) is 7.33. The number of carbonyl (C=O) groups excluding carboxylic acids is 1. The maximum atomic E-state index is 11.8. The SMILES string of the molecule is O=C(NCc1cncc(-c2ccco2)c1)NC1CCCC1. The Kier molecular flexibility index (Phi) is 4.19. The molecule has 0 atom stereocenters. The van der Waals surface area contributed by atoms with Gasteiger partial charge in [-0.1, -0.05) is 12.8 Å². The molecular weight excluding hydrogens is 266 g/mol. The molecule has 0 saturated heterocycles. The summed E-state index contributed by atoms with van der Waals surface area (Å²) in [6.07, 6.45) is 9.73. The van der Waals surface area contributed by atoms with Gasteiger partial charge in [0.05, 0.1) is 6.26 Å². The predicted octanol–water partition coefficient (Wildman–Crippen LogP) is 3.08. The predicted molar refractivity (Wildman–Crippen MR) is 79.6 cm³/mol. The zero-order valence-corrected chi connectivity index (χ0v) is 11.8. The van der Waals surface area contributed by atoms with Crippen LogP contribution in [0.15, 0.2) is 41.3 Å². The molecule has 21 heavy (non-hydrogen) atoms. The number of nitrogens with zero attached hydrogens (tertiary/aromatic N) is 1. The van der Waals surface area contributed by atoms with Crippen molar-refractivity contribution in [2.75, 3.05) is 0 Å². The molecule has 2 aromatic rings. The van der Waals surface area contributed by atoms with E-state index in [9.17, 15) is 4.79 Å². The summed E-state index contributed by atoms with van der Waals surface area (Å²) < 4.78 is 5.35. The van der Waals surface area contributed by atoms with E-state index in [1.165, 1.54) is 12.8 Å². The Hall–Kier alpha value is -2.30. The second kappa shape index (κ2) is 6.43. The van der Waals surface area contributed by atoms with E-state index in [1.807, 2.05) is 18.2 Å². The van der Waals surface area contributed by atoms with Gasteiger partial charge < -0.3 is 15.1 Å². The second-order valence-corrected chi connectivity index (χ2v) is 5.37. The van der Waals surface area contributed by atoms with Crippen LogP contribution in [-0.2, 0) is 6.54 Å². The third-order valence-corrected chi connectivity index (χ3v) is 3.74. The van der Waals surface area contributed by atoms with Crippen LogP contribution in [0.5, 0.6) is 0 Å². The molecule has 0 bridgehead atoms. The molecule has 5 heteroatoms. The summed E-state index contributed by atoms with van der Waals surface area (Å²) in [5.41, 5.74) is 1.86. The molecule has 0 unspecified atom stereocenters. The van der Waals surface area contributed by atoms with E-state index < -0.39 is 0 Å². The summed E-state index contributed by atoms with van der Waals surface area (Å²) in [6.45, 7) is 0.458. The molecule has 0 radical (unpaired) electrons. The second-order valence-electron chi connectivity index (χ2n) is 5.37. The van der Waals surface area contributed by atoms with Gasteiger partial charge in [-0.3, -0.25) is 4.98 Å². The van der Waals surface area contributed by atoms with Crippen molar-refractivity contribution >= 4 is 6.03 Å². The monoisotopic (exact) mass is 285 g/mol. The highest BCUT2D eigenvalue weighted by Crippen LogP contribution is 2.19. The van der Waals surface area contributed by atoms with Gasteiger partial charge in [-0.05, 0) is 36.6 Å². The Morgan fingerprint density at radius 3 is 2.95 bits per heavy atom. The number of urea groups is 1. The van der Waals surface area contributed by atoms with E-state index in [4.69, 9.17) is 4.42 Å². The molecule has 3 rings (SSSR count). The van der Waals surface area contributed by atoms with E-state index >= 15 is 0 Å². The number of nitrogens with one attached hydrogen (secondary N) is 2. The number of pyridine rings is 1. The van der Waals surface area contributed by atoms with E-state index in [2.05, 4.69) is 15.6 Å². The van der Waals surface area contributed by atoms with Gasteiger partial charge in [-0.25, -0.2) is 4.79 Å². The molecule has 2 aromatic heterocycles. The summed E-state index contributed by atoms with van der Waals surface area (Å²) in [4.78, 5) is 16.0. The van der Waals surface area contributed by atoms with Crippen LogP contribution < -0.4 is 10.6 Å². The molecule has 110 valence electrons. The lowest BCUT2D eigenvalue weighted by Crippen LogP contribution is -2.40. The van der Waals surface area contributed by atoms with Gasteiger partial charge in [-0.15, -0.1) is 0 Å². The Morgan fingerprint density at radius 2 is 2.19 bits per heavy atom. The van der Waals surface area contributed by atoms with Crippen molar-refractivity contribution in [3.63, 3.8) is 0 Å². The van der Waals surface area contributed by atoms with Crippen molar-refractivity contribution in [2.24, 2.45) is 0 Å². The molecule has 1 fully saturated rings. The number of hydrogen-bond donors (Lipinski definition) is 2. The first-order chi connectivity index (χ1) is 10.3. The summed E-state index contributed by atoms with van der Waals surface area (Å²) >= 11 is 0. The summed E-state index contributed by atoms with van der Waals surface area (Å²) in [5.74, 6) is 0.778. The number of amides is 2. The lowest BCUT2D eigenvalue weighted by molar-refractivity contribution is 0.236. The van der Waals surface area contributed by atoms with Crippen molar-refractivity contribution in [3.8, 4) is 11.3 Å². The van der Waals surface area contributed by atoms with E-state index in [1.54, 1.807) is 18.7 Å². The van der Waals surface area contributed by atoms with Crippen LogP contribution in [0.3, 0.4) is 0 Å². The Labute approximate surface area is 123 Å². The maximum Gasteiger partial charge on any atom is 0.315 e. The topological polar surface area (TPSA) is 67.2 Å². The standard InChI is InChI=1S/C16H19N3O2/c20-16(19-14-4-1-2-5-14)18-10-12-8-13(11-17-9-12)15-6-3-7-21-15/h3,6-9,11,14H,1-2,4-5,10H2,(H2,18,19,20). The largest absolute Gasteiger partial charge is 0.464 e. The minimum absolute atomic E-state index is 0.106. The van der Waals surface area contributed by atoms with Crippen molar-refractivity contribution in [3.05, 3.63) is 42.4 Å².